The molecule has 2 bridgehead atoms. The van der Waals surface area contributed by atoms with Crippen molar-refractivity contribution < 1.29 is 19.5 Å². The van der Waals surface area contributed by atoms with Gasteiger partial charge in [0.1, 0.15) is 18.0 Å². The van der Waals surface area contributed by atoms with E-state index in [9.17, 15) is 15.0 Å². The van der Waals surface area contributed by atoms with Gasteiger partial charge in [-0.2, -0.15) is 10.1 Å². The first-order chi connectivity index (χ1) is 17.7. The highest BCUT2D eigenvalue weighted by Crippen LogP contribution is 2.53. The molecular formula is C26H27N7O4. The molecule has 4 N–H and O–H groups in total. The molecule has 1 aliphatic carbocycles. The maximum Gasteiger partial charge on any atom is 0.269 e. The molecule has 0 spiro atoms. The quantitative estimate of drug-likeness (QED) is 0.360. The summed E-state index contributed by atoms with van der Waals surface area (Å²) in [4.78, 5) is 20.6. The number of primary amides is 1. The Morgan fingerprint density at radius 2 is 2.05 bits per heavy atom. The van der Waals surface area contributed by atoms with Crippen LogP contribution in [-0.2, 0) is 7.05 Å². The third-order valence-electron chi connectivity index (χ3n) is 6.69. The molecule has 4 aromatic rings. The van der Waals surface area contributed by atoms with Gasteiger partial charge in [0.25, 0.3) is 5.91 Å². The van der Waals surface area contributed by atoms with Crippen molar-refractivity contribution in [3.63, 3.8) is 0 Å². The van der Waals surface area contributed by atoms with Gasteiger partial charge in [-0.25, -0.2) is 4.98 Å². The van der Waals surface area contributed by atoms with E-state index in [2.05, 4.69) is 36.6 Å². The van der Waals surface area contributed by atoms with Crippen LogP contribution < -0.4 is 5.73 Å². The average molecular weight is 502 g/mol. The highest BCUT2D eigenvalue weighted by molar-refractivity contribution is 5.93. The number of hydrogen-bond acceptors (Lipinski definition) is 8. The lowest BCUT2D eigenvalue weighted by atomic mass is 9.75. The summed E-state index contributed by atoms with van der Waals surface area (Å²) in [5, 5.41) is 28.2. The van der Waals surface area contributed by atoms with Gasteiger partial charge in [-0.05, 0) is 49.4 Å². The molecular weight excluding hydrogens is 474 g/mol. The Morgan fingerprint density at radius 1 is 1.27 bits per heavy atom. The van der Waals surface area contributed by atoms with Gasteiger partial charge in [0, 0.05) is 37.3 Å². The molecule has 2 aliphatic heterocycles. The number of amides is 1. The average Bonchev–Trinajstić information content (AvgIpc) is 3.55. The Bertz CT molecular complexity index is 1500. The van der Waals surface area contributed by atoms with Crippen LogP contribution >= 0.6 is 0 Å². The second-order valence-electron chi connectivity index (χ2n) is 9.22. The van der Waals surface area contributed by atoms with Gasteiger partial charge in [-0.15, -0.1) is 0 Å². The third-order valence-corrected chi connectivity index (χ3v) is 6.69. The van der Waals surface area contributed by atoms with Crippen LogP contribution in [0.3, 0.4) is 0 Å². The number of imidazole rings is 1. The van der Waals surface area contributed by atoms with Crippen LogP contribution in [0.2, 0.25) is 0 Å². The molecule has 1 aromatic carbocycles. The normalized spacial score (nSPS) is 18.5. The van der Waals surface area contributed by atoms with Crippen LogP contribution in [0.25, 0.3) is 11.4 Å². The fourth-order valence-corrected chi connectivity index (χ4v) is 4.89. The van der Waals surface area contributed by atoms with Crippen molar-refractivity contribution in [2.75, 3.05) is 0 Å². The largest absolute Gasteiger partial charge is 0.381 e. The molecule has 11 nitrogen and oxygen atoms in total. The van der Waals surface area contributed by atoms with Gasteiger partial charge in [-0.3, -0.25) is 9.48 Å². The lowest BCUT2D eigenvalue weighted by molar-refractivity contribution is 0.0988. The molecule has 11 heteroatoms. The Hall–Kier alpha value is -4.27. The summed E-state index contributed by atoms with van der Waals surface area (Å²) in [6, 6.07) is 7.77. The van der Waals surface area contributed by atoms with Crippen molar-refractivity contribution in [3.8, 4) is 23.2 Å². The number of aliphatic hydroxyl groups is 2. The molecule has 1 fully saturated rings. The predicted molar refractivity (Wildman–Crippen MR) is 132 cm³/mol. The number of aromatic nitrogens is 6. The Labute approximate surface area is 212 Å². The summed E-state index contributed by atoms with van der Waals surface area (Å²) >= 11 is 0. The van der Waals surface area contributed by atoms with Gasteiger partial charge >= 0.3 is 0 Å². The van der Waals surface area contributed by atoms with Crippen LogP contribution in [0.15, 0.2) is 41.3 Å². The molecule has 190 valence electrons. The van der Waals surface area contributed by atoms with Crippen molar-refractivity contribution in [2.24, 2.45) is 12.8 Å². The fraction of sp³-hybridized carbons (Fsp3) is 0.346. The summed E-state index contributed by atoms with van der Waals surface area (Å²) < 4.78 is 8.03. The Balaban J connectivity index is 0.000000412. The van der Waals surface area contributed by atoms with E-state index in [1.807, 2.05) is 22.8 Å². The fourth-order valence-electron chi connectivity index (χ4n) is 4.89. The van der Waals surface area contributed by atoms with Crippen LogP contribution in [0, 0.1) is 18.8 Å². The summed E-state index contributed by atoms with van der Waals surface area (Å²) in [7, 11) is 1.74. The predicted octanol–water partition coefficient (Wildman–Crippen LogP) is 2.01. The van der Waals surface area contributed by atoms with Gasteiger partial charge in [0.15, 0.2) is 12.0 Å². The first-order valence-electron chi connectivity index (χ1n) is 11.9. The summed E-state index contributed by atoms with van der Waals surface area (Å²) in [5.41, 5.74) is 9.51. The van der Waals surface area contributed by atoms with Crippen molar-refractivity contribution in [1.82, 2.24) is 29.5 Å². The lowest BCUT2D eigenvalue weighted by Gasteiger charge is -2.36. The number of aliphatic hydroxyl groups excluding tert-OH is 2. The maximum absolute atomic E-state index is 12.3. The molecule has 1 saturated carbocycles. The minimum absolute atomic E-state index is 0.0699. The third kappa shape index (κ3) is 4.52. The lowest BCUT2D eigenvalue weighted by Crippen LogP contribution is -2.27. The highest BCUT2D eigenvalue weighted by Gasteiger charge is 2.42. The van der Waals surface area contributed by atoms with Crippen LogP contribution in [0.4, 0.5) is 0 Å². The van der Waals surface area contributed by atoms with E-state index in [0.717, 1.165) is 29.5 Å². The van der Waals surface area contributed by atoms with Crippen LogP contribution in [0.5, 0.6) is 0 Å². The molecule has 5 heterocycles. The molecule has 3 aliphatic rings. The molecule has 3 aromatic heterocycles. The summed E-state index contributed by atoms with van der Waals surface area (Å²) in [6.45, 7) is 3.36. The van der Waals surface area contributed by atoms with E-state index in [-0.39, 0.29) is 11.7 Å². The topological polar surface area (TPSA) is 158 Å². The second kappa shape index (κ2) is 9.65. The number of rotatable bonds is 3. The van der Waals surface area contributed by atoms with Gasteiger partial charge in [0.05, 0.1) is 11.4 Å². The molecule has 37 heavy (non-hydrogen) atoms. The van der Waals surface area contributed by atoms with Crippen LogP contribution in [-0.4, -0.2) is 51.7 Å². The number of benzene rings is 1. The van der Waals surface area contributed by atoms with Gasteiger partial charge < -0.3 is 25.0 Å². The number of hydrogen-bond donors (Lipinski definition) is 3. The smallest absolute Gasteiger partial charge is 0.269 e. The van der Waals surface area contributed by atoms with Crippen molar-refractivity contribution >= 4 is 5.91 Å². The van der Waals surface area contributed by atoms with Crippen molar-refractivity contribution in [3.05, 3.63) is 70.9 Å². The zero-order valence-corrected chi connectivity index (χ0v) is 20.7. The molecule has 0 radical (unpaired) electrons. The Morgan fingerprint density at radius 3 is 2.62 bits per heavy atom. The number of carbonyl (C=O) groups is 1. The second-order valence-corrected chi connectivity index (χ2v) is 9.22. The molecule has 2 unspecified atom stereocenters. The number of carbonyl (C=O) groups excluding carboxylic acids is 1. The zero-order chi connectivity index (χ0) is 26.3. The molecule has 0 saturated heterocycles. The van der Waals surface area contributed by atoms with Gasteiger partial charge in [0.2, 0.25) is 5.89 Å². The number of nitrogens with two attached hydrogens (primary N) is 1. The summed E-state index contributed by atoms with van der Waals surface area (Å²) in [6.07, 6.45) is 2.96. The Kier molecular flexibility index (Phi) is 6.37. The first-order valence-corrected chi connectivity index (χ1v) is 11.9. The maximum atomic E-state index is 12.3. The molecule has 7 rings (SSSR count). The van der Waals surface area contributed by atoms with E-state index in [0.29, 0.717) is 29.0 Å². The highest BCUT2D eigenvalue weighted by atomic mass is 16.5. The summed E-state index contributed by atoms with van der Waals surface area (Å²) in [5.74, 6) is 6.67. The number of nitrogens with zero attached hydrogens (tertiary/aromatic N) is 6. The molecule has 1 amide bonds. The monoisotopic (exact) mass is 501 g/mol. The van der Waals surface area contributed by atoms with E-state index in [1.165, 1.54) is 6.33 Å². The molecule has 2 atom stereocenters. The standard InChI is InChI=1S/C23H23N5O3.C3H4N2O/c1-12(29)3-4-13-5-6-16-14-10-15(11-14)28-20(21(30)18-7-8-25-27(18)2)19(22(24)31)26-23(28)17(16)9-13;1-3-4-2-5-6-3/h5-9,12,14-15,21,29-30H,10-11H2,1-2H3,(H2,24,31);2H,1H3. The number of aryl methyl sites for hydroxylation is 2. The van der Waals surface area contributed by atoms with Crippen molar-refractivity contribution in [2.45, 2.75) is 50.9 Å². The van der Waals surface area contributed by atoms with E-state index < -0.39 is 18.1 Å². The van der Waals surface area contributed by atoms with Crippen LogP contribution in [0.1, 0.15) is 76.7 Å². The van der Waals surface area contributed by atoms with E-state index in [4.69, 9.17) is 5.73 Å². The minimum Gasteiger partial charge on any atom is -0.381 e. The zero-order valence-electron chi connectivity index (χ0n) is 20.7. The SMILES string of the molecule is CC(O)C#Cc1ccc2c(c1)-c1nc(C(N)=O)c(C(O)c3ccnn3C)n1C1CC2C1.Cc1ncno1. The van der Waals surface area contributed by atoms with Gasteiger partial charge in [-0.1, -0.05) is 23.1 Å². The van der Waals surface area contributed by atoms with E-state index in [1.54, 1.807) is 37.8 Å². The first kappa shape index (κ1) is 24.4. The van der Waals surface area contributed by atoms with Crippen molar-refractivity contribution in [1.29, 1.82) is 0 Å². The van der Waals surface area contributed by atoms with E-state index >= 15 is 0 Å². The minimum atomic E-state index is -1.09.